The van der Waals surface area contributed by atoms with Crippen LogP contribution in [-0.2, 0) is 42.9 Å². The van der Waals surface area contributed by atoms with Crippen LogP contribution in [0.3, 0.4) is 0 Å². The Labute approximate surface area is 189 Å². The molecule has 0 aromatic rings. The highest BCUT2D eigenvalue weighted by Crippen LogP contribution is 2.19. The Balaban J connectivity index is 2.16. The van der Waals surface area contributed by atoms with Gasteiger partial charge in [-0.25, -0.2) is 9.59 Å². The maximum atomic E-state index is 12.0. The smallest absolute Gasteiger partial charge is 0.333 e. The molecule has 1 saturated heterocycles. The Bertz CT molecular complexity index is 627. The highest BCUT2D eigenvalue weighted by molar-refractivity contribution is 5.87. The van der Waals surface area contributed by atoms with Gasteiger partial charge in [0.2, 0.25) is 6.29 Å². The molecule has 1 fully saturated rings. The van der Waals surface area contributed by atoms with E-state index in [2.05, 4.69) is 13.2 Å². The van der Waals surface area contributed by atoms with E-state index in [4.69, 9.17) is 23.7 Å². The van der Waals surface area contributed by atoms with Crippen LogP contribution in [0.5, 0.6) is 0 Å². The standard InChI is InChI=1S/C23H34O9/c1-16(2)22(26)29-12-7-5-9-19(24)31-18-11-14-28-21(15-18)32-20(25)10-6-8-13-30-23(27)17(3)4/h18,21H,1,3,5-15H2,2,4H3. The van der Waals surface area contributed by atoms with E-state index in [0.29, 0.717) is 49.9 Å². The van der Waals surface area contributed by atoms with E-state index in [0.717, 1.165) is 0 Å². The molecular formula is C23H34O9. The molecule has 0 aliphatic carbocycles. The summed E-state index contributed by atoms with van der Waals surface area (Å²) in [4.78, 5) is 46.5. The molecule has 0 bridgehead atoms. The molecule has 2 atom stereocenters. The molecule has 1 aliphatic rings. The summed E-state index contributed by atoms with van der Waals surface area (Å²) in [6.07, 6.45) is 2.19. The first-order valence-corrected chi connectivity index (χ1v) is 10.8. The minimum absolute atomic E-state index is 0.172. The van der Waals surface area contributed by atoms with Crippen LogP contribution in [0.4, 0.5) is 0 Å². The van der Waals surface area contributed by atoms with E-state index < -0.39 is 24.2 Å². The maximum Gasteiger partial charge on any atom is 0.333 e. The normalized spacial score (nSPS) is 17.7. The van der Waals surface area contributed by atoms with E-state index in [9.17, 15) is 19.2 Å². The van der Waals surface area contributed by atoms with Crippen LogP contribution >= 0.6 is 0 Å². The molecule has 0 saturated carbocycles. The number of carbonyl (C=O) groups excluding carboxylic acids is 4. The summed E-state index contributed by atoms with van der Waals surface area (Å²) < 4.78 is 26.1. The Morgan fingerprint density at radius 3 is 1.81 bits per heavy atom. The van der Waals surface area contributed by atoms with Crippen molar-refractivity contribution in [1.29, 1.82) is 0 Å². The molecule has 32 heavy (non-hydrogen) atoms. The Kier molecular flexibility index (Phi) is 13.0. The average molecular weight is 455 g/mol. The van der Waals surface area contributed by atoms with Gasteiger partial charge in [0.15, 0.2) is 0 Å². The fourth-order valence-electron chi connectivity index (χ4n) is 2.69. The first-order valence-electron chi connectivity index (χ1n) is 10.8. The quantitative estimate of drug-likeness (QED) is 0.169. The molecule has 2 unspecified atom stereocenters. The molecule has 0 aromatic heterocycles. The summed E-state index contributed by atoms with van der Waals surface area (Å²) in [7, 11) is 0. The number of rotatable bonds is 14. The molecule has 1 aliphatic heterocycles. The molecular weight excluding hydrogens is 420 g/mol. The van der Waals surface area contributed by atoms with Gasteiger partial charge >= 0.3 is 23.9 Å². The largest absolute Gasteiger partial charge is 0.462 e. The van der Waals surface area contributed by atoms with Gasteiger partial charge in [0.25, 0.3) is 0 Å². The summed E-state index contributed by atoms with van der Waals surface area (Å²) in [5.74, 6) is -1.66. The third-order valence-corrected chi connectivity index (χ3v) is 4.47. The third kappa shape index (κ3) is 12.2. The molecule has 0 radical (unpaired) electrons. The zero-order valence-electron chi connectivity index (χ0n) is 19.0. The average Bonchev–Trinajstić information content (AvgIpc) is 2.72. The number of unbranched alkanes of at least 4 members (excludes halogenated alkanes) is 2. The van der Waals surface area contributed by atoms with Gasteiger partial charge in [-0.3, -0.25) is 9.59 Å². The van der Waals surface area contributed by atoms with E-state index in [1.165, 1.54) is 0 Å². The Morgan fingerprint density at radius 1 is 0.812 bits per heavy atom. The predicted octanol–water partition coefficient (Wildman–Crippen LogP) is 3.16. The number of ether oxygens (including phenoxy) is 5. The second-order valence-electron chi connectivity index (χ2n) is 7.67. The monoisotopic (exact) mass is 454 g/mol. The van der Waals surface area contributed by atoms with Gasteiger partial charge in [0, 0.05) is 36.8 Å². The van der Waals surface area contributed by atoms with E-state index in [1.54, 1.807) is 13.8 Å². The van der Waals surface area contributed by atoms with Crippen LogP contribution in [-0.4, -0.2) is 56.1 Å². The number of esters is 4. The molecule has 1 rings (SSSR count). The molecule has 0 amide bonds. The molecule has 9 heteroatoms. The SMILES string of the molecule is C=C(C)C(=O)OCCCCC(=O)OC1CCOC(OC(=O)CCCCOC(=O)C(=C)C)C1. The number of hydrogen-bond donors (Lipinski definition) is 0. The molecule has 0 spiro atoms. The Morgan fingerprint density at radius 2 is 1.31 bits per heavy atom. The molecule has 180 valence electrons. The number of carbonyl (C=O) groups is 4. The summed E-state index contributed by atoms with van der Waals surface area (Å²) in [6.45, 7) is 10.9. The molecule has 9 nitrogen and oxygen atoms in total. The van der Waals surface area contributed by atoms with Crippen LogP contribution in [0.1, 0.15) is 65.2 Å². The van der Waals surface area contributed by atoms with Crippen molar-refractivity contribution in [2.45, 2.75) is 77.6 Å². The summed E-state index contributed by atoms with van der Waals surface area (Å²) in [5.41, 5.74) is 0.668. The Hall–Kier alpha value is -2.68. The van der Waals surface area contributed by atoms with Crippen LogP contribution in [0, 0.1) is 0 Å². The summed E-state index contributed by atoms with van der Waals surface area (Å²) in [6, 6.07) is 0. The first kappa shape index (κ1) is 27.4. The highest BCUT2D eigenvalue weighted by Gasteiger charge is 2.28. The molecule has 0 N–H and O–H groups in total. The zero-order chi connectivity index (χ0) is 23.9. The van der Waals surface area contributed by atoms with E-state index in [-0.39, 0.29) is 44.5 Å². The van der Waals surface area contributed by atoms with Crippen molar-refractivity contribution in [2.24, 2.45) is 0 Å². The second-order valence-corrected chi connectivity index (χ2v) is 7.67. The molecule has 1 heterocycles. The van der Waals surface area contributed by atoms with Gasteiger partial charge < -0.3 is 23.7 Å². The fourth-order valence-corrected chi connectivity index (χ4v) is 2.69. The van der Waals surface area contributed by atoms with Gasteiger partial charge in [0.1, 0.15) is 6.10 Å². The van der Waals surface area contributed by atoms with Crippen LogP contribution in [0.2, 0.25) is 0 Å². The zero-order valence-corrected chi connectivity index (χ0v) is 19.0. The predicted molar refractivity (Wildman–Crippen MR) is 114 cm³/mol. The maximum absolute atomic E-state index is 12.0. The lowest BCUT2D eigenvalue weighted by molar-refractivity contribution is -0.202. The van der Waals surface area contributed by atoms with Crippen molar-refractivity contribution in [2.75, 3.05) is 19.8 Å². The van der Waals surface area contributed by atoms with Gasteiger partial charge in [-0.2, -0.15) is 0 Å². The van der Waals surface area contributed by atoms with Crippen molar-refractivity contribution < 1.29 is 42.9 Å². The van der Waals surface area contributed by atoms with Crippen molar-refractivity contribution in [3.05, 3.63) is 24.3 Å². The van der Waals surface area contributed by atoms with Crippen molar-refractivity contribution in [1.82, 2.24) is 0 Å². The second kappa shape index (κ2) is 15.2. The lowest BCUT2D eigenvalue weighted by Gasteiger charge is -2.28. The fraction of sp³-hybridized carbons (Fsp3) is 0.652. The van der Waals surface area contributed by atoms with Crippen molar-refractivity contribution in [3.8, 4) is 0 Å². The first-order chi connectivity index (χ1) is 15.2. The lowest BCUT2D eigenvalue weighted by Crippen LogP contribution is -2.35. The summed E-state index contributed by atoms with van der Waals surface area (Å²) in [5, 5.41) is 0. The lowest BCUT2D eigenvalue weighted by atomic mass is 10.1. The third-order valence-electron chi connectivity index (χ3n) is 4.47. The van der Waals surface area contributed by atoms with Gasteiger partial charge in [-0.1, -0.05) is 13.2 Å². The van der Waals surface area contributed by atoms with Gasteiger partial charge in [-0.05, 0) is 39.5 Å². The molecule has 0 aromatic carbocycles. The van der Waals surface area contributed by atoms with Crippen molar-refractivity contribution in [3.63, 3.8) is 0 Å². The topological polar surface area (TPSA) is 114 Å². The van der Waals surface area contributed by atoms with Crippen LogP contribution in [0.25, 0.3) is 0 Å². The highest BCUT2D eigenvalue weighted by atomic mass is 16.7. The van der Waals surface area contributed by atoms with Crippen LogP contribution in [0.15, 0.2) is 24.3 Å². The summed E-state index contributed by atoms with van der Waals surface area (Å²) >= 11 is 0. The number of hydrogen-bond acceptors (Lipinski definition) is 9. The minimum Gasteiger partial charge on any atom is -0.462 e. The van der Waals surface area contributed by atoms with E-state index >= 15 is 0 Å². The van der Waals surface area contributed by atoms with Gasteiger partial charge in [0.05, 0.1) is 19.8 Å². The minimum atomic E-state index is -0.753. The van der Waals surface area contributed by atoms with E-state index in [1.807, 2.05) is 0 Å². The van der Waals surface area contributed by atoms with Crippen LogP contribution < -0.4 is 0 Å². The van der Waals surface area contributed by atoms with Gasteiger partial charge in [-0.15, -0.1) is 0 Å². The van der Waals surface area contributed by atoms with Crippen molar-refractivity contribution >= 4 is 23.9 Å².